The van der Waals surface area contributed by atoms with Crippen molar-refractivity contribution < 1.29 is 27.9 Å². The van der Waals surface area contributed by atoms with Crippen LogP contribution in [0.5, 0.6) is 0 Å². The Bertz CT molecular complexity index is 562. The lowest BCUT2D eigenvalue weighted by atomic mass is 10.4. The number of carboxylic acid groups (broad SMARTS) is 1. The van der Waals surface area contributed by atoms with Gasteiger partial charge in [-0.25, -0.2) is 17.9 Å². The van der Waals surface area contributed by atoms with Crippen molar-refractivity contribution in [1.29, 1.82) is 0 Å². The zero-order valence-corrected chi connectivity index (χ0v) is 11.0. The second-order valence-electron chi connectivity index (χ2n) is 3.51. The van der Waals surface area contributed by atoms with E-state index >= 15 is 0 Å². The number of carbonyl (C=O) groups excluding carboxylic acids is 1. The Labute approximate surface area is 109 Å². The number of rotatable bonds is 7. The third kappa shape index (κ3) is 4.38. The van der Waals surface area contributed by atoms with E-state index in [4.69, 9.17) is 5.11 Å². The monoisotopic (exact) mass is 290 g/mol. The van der Waals surface area contributed by atoms with Crippen LogP contribution >= 0.6 is 0 Å². The lowest BCUT2D eigenvalue weighted by molar-refractivity contribution is -0.142. The molecule has 0 saturated carbocycles. The third-order valence-corrected chi connectivity index (χ3v) is 3.56. The van der Waals surface area contributed by atoms with Crippen LogP contribution in [0.4, 0.5) is 0 Å². The van der Waals surface area contributed by atoms with Gasteiger partial charge in [0.25, 0.3) is 0 Å². The quantitative estimate of drug-likeness (QED) is 0.604. The Kier molecular flexibility index (Phi) is 5.07. The Balaban J connectivity index is 2.60. The van der Waals surface area contributed by atoms with E-state index in [-0.39, 0.29) is 30.2 Å². The summed E-state index contributed by atoms with van der Waals surface area (Å²) in [4.78, 5) is 23.7. The lowest BCUT2D eigenvalue weighted by Crippen LogP contribution is -2.26. The number of aromatic carboxylic acids is 1. The van der Waals surface area contributed by atoms with Gasteiger partial charge >= 0.3 is 11.9 Å². The fourth-order valence-corrected chi connectivity index (χ4v) is 2.28. The highest BCUT2D eigenvalue weighted by Crippen LogP contribution is 2.10. The number of aromatic nitrogens is 1. The van der Waals surface area contributed by atoms with Gasteiger partial charge in [0.15, 0.2) is 0 Å². The van der Waals surface area contributed by atoms with Gasteiger partial charge in [0.1, 0.15) is 10.6 Å². The molecule has 1 aromatic rings. The molecule has 0 unspecified atom stereocenters. The summed E-state index contributed by atoms with van der Waals surface area (Å²) in [5.74, 6) is -1.77. The fourth-order valence-electron chi connectivity index (χ4n) is 1.26. The van der Waals surface area contributed by atoms with Crippen LogP contribution in [-0.4, -0.2) is 43.6 Å². The number of esters is 1. The summed E-state index contributed by atoms with van der Waals surface area (Å²) in [6.45, 7) is 1.76. The van der Waals surface area contributed by atoms with Gasteiger partial charge in [-0.2, -0.15) is 0 Å². The van der Waals surface area contributed by atoms with Crippen LogP contribution in [0, 0.1) is 0 Å². The van der Waals surface area contributed by atoms with E-state index in [1.165, 1.54) is 0 Å². The minimum Gasteiger partial charge on any atom is -0.477 e. The van der Waals surface area contributed by atoms with E-state index < -0.39 is 22.0 Å². The normalized spacial score (nSPS) is 11.2. The second kappa shape index (κ2) is 6.34. The number of H-pyrrole nitrogens is 1. The van der Waals surface area contributed by atoms with Crippen LogP contribution in [0.25, 0.3) is 0 Å². The van der Waals surface area contributed by atoms with Gasteiger partial charge in [-0.3, -0.25) is 4.79 Å². The molecule has 106 valence electrons. The molecule has 0 atom stereocenters. The molecule has 1 rings (SSSR count). The van der Waals surface area contributed by atoms with Crippen molar-refractivity contribution in [2.45, 2.75) is 18.2 Å². The minimum absolute atomic E-state index is 0.0940. The molecule has 8 nitrogen and oxygen atoms in total. The van der Waals surface area contributed by atoms with Gasteiger partial charge in [0.2, 0.25) is 10.0 Å². The molecule has 0 bridgehead atoms. The predicted octanol–water partition coefficient (Wildman–Crippen LogP) is -0.0556. The van der Waals surface area contributed by atoms with E-state index in [1.807, 2.05) is 0 Å². The van der Waals surface area contributed by atoms with Crippen molar-refractivity contribution in [2.75, 3.05) is 13.2 Å². The van der Waals surface area contributed by atoms with Gasteiger partial charge in [-0.1, -0.05) is 0 Å². The molecule has 1 heterocycles. The summed E-state index contributed by atoms with van der Waals surface area (Å²) < 4.78 is 30.3. The van der Waals surface area contributed by atoms with E-state index in [0.29, 0.717) is 0 Å². The summed E-state index contributed by atoms with van der Waals surface area (Å²) in [7, 11) is -3.84. The standard InChI is InChI=1S/C10H14N2O6S/c1-2-18-9(13)3-4-12-19(16,17)7-5-8(10(14)15)11-6-7/h5-6,11-12H,2-4H2,1H3,(H,14,15). The molecular weight excluding hydrogens is 276 g/mol. The first kappa shape index (κ1) is 15.2. The van der Waals surface area contributed by atoms with Crippen molar-refractivity contribution in [3.63, 3.8) is 0 Å². The van der Waals surface area contributed by atoms with Crippen molar-refractivity contribution in [1.82, 2.24) is 9.71 Å². The minimum atomic E-state index is -3.84. The molecule has 0 aliphatic heterocycles. The highest BCUT2D eigenvalue weighted by molar-refractivity contribution is 7.89. The maximum Gasteiger partial charge on any atom is 0.352 e. The summed E-state index contributed by atoms with van der Waals surface area (Å²) >= 11 is 0. The first-order valence-corrected chi connectivity index (χ1v) is 6.92. The van der Waals surface area contributed by atoms with Crippen LogP contribution in [0.3, 0.4) is 0 Å². The first-order valence-electron chi connectivity index (χ1n) is 5.44. The number of hydrogen-bond donors (Lipinski definition) is 3. The topological polar surface area (TPSA) is 126 Å². The number of hydrogen-bond acceptors (Lipinski definition) is 5. The number of aromatic amines is 1. The Morgan fingerprint density at radius 2 is 2.16 bits per heavy atom. The van der Waals surface area contributed by atoms with E-state index in [0.717, 1.165) is 12.3 Å². The highest BCUT2D eigenvalue weighted by Gasteiger charge is 2.18. The Morgan fingerprint density at radius 1 is 1.47 bits per heavy atom. The maximum atomic E-state index is 11.7. The third-order valence-electron chi connectivity index (χ3n) is 2.12. The molecule has 0 amide bonds. The van der Waals surface area contributed by atoms with E-state index in [2.05, 4.69) is 14.4 Å². The van der Waals surface area contributed by atoms with Crippen molar-refractivity contribution in [3.05, 3.63) is 18.0 Å². The maximum absolute atomic E-state index is 11.7. The summed E-state index contributed by atoms with van der Waals surface area (Å²) in [5.41, 5.74) is -0.231. The number of carboxylic acids is 1. The molecule has 0 aliphatic rings. The molecule has 0 aliphatic carbocycles. The molecular formula is C10H14N2O6S. The molecule has 0 radical (unpaired) electrons. The zero-order valence-electron chi connectivity index (χ0n) is 10.2. The molecule has 0 aromatic carbocycles. The molecule has 9 heteroatoms. The highest BCUT2D eigenvalue weighted by atomic mass is 32.2. The molecule has 19 heavy (non-hydrogen) atoms. The molecule has 0 fully saturated rings. The zero-order chi connectivity index (χ0) is 14.5. The number of ether oxygens (including phenoxy) is 1. The fraction of sp³-hybridized carbons (Fsp3) is 0.400. The van der Waals surface area contributed by atoms with Crippen LogP contribution in [0.2, 0.25) is 0 Å². The molecule has 1 aromatic heterocycles. The van der Waals surface area contributed by atoms with Crippen LogP contribution in [0.15, 0.2) is 17.2 Å². The van der Waals surface area contributed by atoms with Crippen LogP contribution in [-0.2, 0) is 19.6 Å². The van der Waals surface area contributed by atoms with Gasteiger partial charge in [0, 0.05) is 12.7 Å². The average Bonchev–Trinajstić information content (AvgIpc) is 2.79. The number of carbonyl (C=O) groups is 2. The predicted molar refractivity (Wildman–Crippen MR) is 64.2 cm³/mol. The first-order chi connectivity index (χ1) is 8.86. The lowest BCUT2D eigenvalue weighted by Gasteiger charge is -2.04. The van der Waals surface area contributed by atoms with Crippen molar-refractivity contribution in [2.24, 2.45) is 0 Å². The number of nitrogens with one attached hydrogen (secondary N) is 2. The second-order valence-corrected chi connectivity index (χ2v) is 5.27. The molecule has 0 spiro atoms. The number of sulfonamides is 1. The van der Waals surface area contributed by atoms with Crippen LogP contribution in [0.1, 0.15) is 23.8 Å². The largest absolute Gasteiger partial charge is 0.477 e. The van der Waals surface area contributed by atoms with Gasteiger partial charge in [-0.15, -0.1) is 0 Å². The van der Waals surface area contributed by atoms with Gasteiger partial charge in [-0.05, 0) is 13.0 Å². The molecule has 3 N–H and O–H groups in total. The Morgan fingerprint density at radius 3 is 2.68 bits per heavy atom. The van der Waals surface area contributed by atoms with Gasteiger partial charge in [0.05, 0.1) is 13.0 Å². The smallest absolute Gasteiger partial charge is 0.352 e. The van der Waals surface area contributed by atoms with Crippen molar-refractivity contribution >= 4 is 22.0 Å². The van der Waals surface area contributed by atoms with Crippen LogP contribution < -0.4 is 4.72 Å². The van der Waals surface area contributed by atoms with Gasteiger partial charge < -0.3 is 14.8 Å². The summed E-state index contributed by atoms with van der Waals surface area (Å²) in [6.07, 6.45) is 0.972. The molecule has 0 saturated heterocycles. The Hall–Kier alpha value is -1.87. The van der Waals surface area contributed by atoms with E-state index in [9.17, 15) is 18.0 Å². The average molecular weight is 290 g/mol. The SMILES string of the molecule is CCOC(=O)CCNS(=O)(=O)c1c[nH]c(C(=O)O)c1. The summed E-state index contributed by atoms with van der Waals surface area (Å²) in [5, 5.41) is 8.66. The summed E-state index contributed by atoms with van der Waals surface area (Å²) in [6, 6.07) is 0.995. The van der Waals surface area contributed by atoms with E-state index in [1.54, 1.807) is 6.92 Å². The van der Waals surface area contributed by atoms with Crippen molar-refractivity contribution in [3.8, 4) is 0 Å².